The van der Waals surface area contributed by atoms with Crippen LogP contribution in [0, 0.1) is 0 Å². The number of benzene rings is 3. The molecule has 0 spiro atoms. The normalized spacial score (nSPS) is 10.9. The van der Waals surface area contributed by atoms with E-state index in [9.17, 15) is 9.90 Å². The number of methoxy groups -OCH3 is 1. The Morgan fingerprint density at radius 2 is 1.75 bits per heavy atom. The van der Waals surface area contributed by atoms with E-state index in [1.807, 2.05) is 36.4 Å². The maximum atomic E-state index is 12.2. The molecule has 0 heterocycles. The third-order valence-electron chi connectivity index (χ3n) is 3.60. The molecule has 24 heavy (non-hydrogen) atoms. The number of hydrogen-bond acceptors (Lipinski definition) is 4. The number of phenols is 1. The smallest absolute Gasteiger partial charge is 0.275 e. The van der Waals surface area contributed by atoms with Crippen molar-refractivity contribution in [2.24, 2.45) is 5.10 Å². The summed E-state index contributed by atoms with van der Waals surface area (Å²) in [4.78, 5) is 12.2. The van der Waals surface area contributed by atoms with Gasteiger partial charge < -0.3 is 9.84 Å². The zero-order chi connectivity index (χ0) is 16.9. The minimum Gasteiger partial charge on any atom is -0.507 e. The van der Waals surface area contributed by atoms with Crippen molar-refractivity contribution >= 4 is 22.9 Å². The molecule has 0 aliphatic rings. The van der Waals surface area contributed by atoms with Crippen LogP contribution in [-0.2, 0) is 0 Å². The number of amides is 1. The van der Waals surface area contributed by atoms with E-state index < -0.39 is 5.91 Å². The van der Waals surface area contributed by atoms with Crippen molar-refractivity contribution in [3.63, 3.8) is 0 Å². The van der Waals surface area contributed by atoms with Gasteiger partial charge in [0.1, 0.15) is 11.5 Å². The summed E-state index contributed by atoms with van der Waals surface area (Å²) in [6.07, 6.45) is 1.52. The molecule has 0 saturated carbocycles. The average molecular weight is 320 g/mol. The monoisotopic (exact) mass is 320 g/mol. The number of ether oxygens (including phenoxy) is 1. The highest BCUT2D eigenvalue weighted by atomic mass is 16.5. The second-order valence-corrected chi connectivity index (χ2v) is 5.19. The molecule has 3 rings (SSSR count). The van der Waals surface area contributed by atoms with Crippen molar-refractivity contribution in [2.75, 3.05) is 7.11 Å². The van der Waals surface area contributed by atoms with Gasteiger partial charge in [-0.1, -0.05) is 24.3 Å². The van der Waals surface area contributed by atoms with Crippen molar-refractivity contribution < 1.29 is 14.6 Å². The predicted molar refractivity (Wildman–Crippen MR) is 93.7 cm³/mol. The van der Waals surface area contributed by atoms with Gasteiger partial charge in [-0.15, -0.1) is 0 Å². The summed E-state index contributed by atoms with van der Waals surface area (Å²) in [5.74, 6) is 0.200. The number of phenolic OH excluding ortho intramolecular Hbond substituents is 1. The van der Waals surface area contributed by atoms with E-state index in [1.165, 1.54) is 6.21 Å². The van der Waals surface area contributed by atoms with Crippen molar-refractivity contribution in [3.05, 3.63) is 71.8 Å². The van der Waals surface area contributed by atoms with Crippen LogP contribution in [0.4, 0.5) is 0 Å². The second kappa shape index (κ2) is 6.83. The molecule has 0 saturated heterocycles. The Hall–Kier alpha value is -3.34. The first-order chi connectivity index (χ1) is 11.7. The van der Waals surface area contributed by atoms with Gasteiger partial charge >= 0.3 is 0 Å². The Morgan fingerprint density at radius 3 is 2.42 bits per heavy atom. The Kier molecular flexibility index (Phi) is 4.43. The molecular weight excluding hydrogens is 304 g/mol. The van der Waals surface area contributed by atoms with Gasteiger partial charge in [-0.3, -0.25) is 4.79 Å². The maximum Gasteiger partial charge on any atom is 0.275 e. The molecule has 5 nitrogen and oxygen atoms in total. The third kappa shape index (κ3) is 3.35. The fourth-order valence-electron chi connectivity index (χ4n) is 2.33. The molecule has 0 unspecified atom stereocenters. The average Bonchev–Trinajstić information content (AvgIpc) is 2.61. The summed E-state index contributed by atoms with van der Waals surface area (Å²) in [6.45, 7) is 0. The first kappa shape index (κ1) is 15.6. The molecule has 0 atom stereocenters. The molecule has 3 aromatic rings. The Morgan fingerprint density at radius 1 is 1.08 bits per heavy atom. The van der Waals surface area contributed by atoms with Gasteiger partial charge in [0.05, 0.1) is 18.9 Å². The first-order valence-corrected chi connectivity index (χ1v) is 7.36. The fourth-order valence-corrected chi connectivity index (χ4v) is 2.33. The Bertz CT molecular complexity index is 902. The number of aromatic hydroxyl groups is 1. The number of hydrogen-bond donors (Lipinski definition) is 2. The van der Waals surface area contributed by atoms with Crippen molar-refractivity contribution in [2.45, 2.75) is 0 Å². The van der Waals surface area contributed by atoms with Crippen LogP contribution in [0.1, 0.15) is 15.9 Å². The molecular formula is C19H16N2O3. The predicted octanol–water partition coefficient (Wildman–Crippen LogP) is 3.32. The summed E-state index contributed by atoms with van der Waals surface area (Å²) < 4.78 is 5.08. The molecule has 0 aliphatic carbocycles. The Labute approximate surface area is 139 Å². The zero-order valence-electron chi connectivity index (χ0n) is 13.1. The third-order valence-corrected chi connectivity index (χ3v) is 3.60. The van der Waals surface area contributed by atoms with Crippen molar-refractivity contribution in [1.82, 2.24) is 5.43 Å². The molecule has 0 fully saturated rings. The number of hydrazone groups is 1. The first-order valence-electron chi connectivity index (χ1n) is 7.36. The summed E-state index contributed by atoms with van der Waals surface area (Å²) in [5, 5.41) is 15.7. The molecule has 0 bridgehead atoms. The van der Waals surface area contributed by atoms with Crippen LogP contribution in [0.25, 0.3) is 10.8 Å². The summed E-state index contributed by atoms with van der Waals surface area (Å²) in [7, 11) is 1.60. The van der Waals surface area contributed by atoms with E-state index in [0.717, 1.165) is 22.1 Å². The van der Waals surface area contributed by atoms with Crippen LogP contribution in [0.3, 0.4) is 0 Å². The lowest BCUT2D eigenvalue weighted by molar-refractivity contribution is 0.0952. The largest absolute Gasteiger partial charge is 0.507 e. The molecule has 5 heteroatoms. The second-order valence-electron chi connectivity index (χ2n) is 5.19. The highest BCUT2D eigenvalue weighted by Gasteiger charge is 2.11. The van der Waals surface area contributed by atoms with Crippen LogP contribution in [0.15, 0.2) is 65.8 Å². The zero-order valence-corrected chi connectivity index (χ0v) is 13.1. The van der Waals surface area contributed by atoms with Crippen LogP contribution < -0.4 is 10.2 Å². The highest BCUT2D eigenvalue weighted by molar-refractivity contribution is 6.01. The molecule has 1 amide bonds. The van der Waals surface area contributed by atoms with Crippen LogP contribution >= 0.6 is 0 Å². The number of carbonyl (C=O) groups excluding carboxylic acids is 1. The van der Waals surface area contributed by atoms with E-state index in [4.69, 9.17) is 4.74 Å². The van der Waals surface area contributed by atoms with E-state index >= 15 is 0 Å². The minimum atomic E-state index is -0.469. The van der Waals surface area contributed by atoms with Crippen molar-refractivity contribution in [1.29, 1.82) is 0 Å². The van der Waals surface area contributed by atoms with Gasteiger partial charge in [0, 0.05) is 0 Å². The van der Waals surface area contributed by atoms with Gasteiger partial charge in [0.2, 0.25) is 0 Å². The molecule has 0 aliphatic heterocycles. The van der Waals surface area contributed by atoms with Crippen molar-refractivity contribution in [3.8, 4) is 11.5 Å². The number of rotatable bonds is 4. The number of fused-ring (bicyclic) bond motifs is 1. The van der Waals surface area contributed by atoms with Gasteiger partial charge in [-0.25, -0.2) is 5.43 Å². The van der Waals surface area contributed by atoms with E-state index in [-0.39, 0.29) is 11.3 Å². The standard InChI is InChI=1S/C19H16N2O3/c1-24-16-8-6-13(7-9-16)12-20-21-19(23)17-10-14-4-2-3-5-15(14)11-18(17)22/h2-12,22H,1H3,(H,21,23). The van der Waals surface area contributed by atoms with E-state index in [2.05, 4.69) is 10.5 Å². The van der Waals surface area contributed by atoms with Gasteiger partial charge in [-0.2, -0.15) is 5.10 Å². The lowest BCUT2D eigenvalue weighted by Gasteiger charge is -2.05. The van der Waals surface area contributed by atoms with Crippen LogP contribution in [-0.4, -0.2) is 24.3 Å². The summed E-state index contributed by atoms with van der Waals surface area (Å²) in [5.41, 5.74) is 3.42. The minimum absolute atomic E-state index is 0.0779. The van der Waals surface area contributed by atoms with Crippen LogP contribution in [0.5, 0.6) is 11.5 Å². The summed E-state index contributed by atoms with van der Waals surface area (Å²) >= 11 is 0. The summed E-state index contributed by atoms with van der Waals surface area (Å²) in [6, 6.07) is 18.0. The lowest BCUT2D eigenvalue weighted by Crippen LogP contribution is -2.17. The fraction of sp³-hybridized carbons (Fsp3) is 0.0526. The van der Waals surface area contributed by atoms with Gasteiger partial charge in [-0.05, 0) is 52.7 Å². The quantitative estimate of drug-likeness (QED) is 0.572. The molecule has 120 valence electrons. The number of carbonyl (C=O) groups is 1. The Balaban J connectivity index is 1.74. The lowest BCUT2D eigenvalue weighted by atomic mass is 10.1. The molecule has 0 aromatic heterocycles. The van der Waals surface area contributed by atoms with Crippen LogP contribution in [0.2, 0.25) is 0 Å². The number of nitrogens with zero attached hydrogens (tertiary/aromatic N) is 1. The highest BCUT2D eigenvalue weighted by Crippen LogP contribution is 2.24. The molecule has 3 aromatic carbocycles. The molecule has 2 N–H and O–H groups in total. The topological polar surface area (TPSA) is 70.9 Å². The van der Waals surface area contributed by atoms with Gasteiger partial charge in [0.25, 0.3) is 5.91 Å². The van der Waals surface area contributed by atoms with E-state index in [1.54, 1.807) is 31.4 Å². The van der Waals surface area contributed by atoms with Gasteiger partial charge in [0.15, 0.2) is 0 Å². The number of nitrogens with one attached hydrogen (secondary N) is 1. The maximum absolute atomic E-state index is 12.2. The SMILES string of the molecule is COc1ccc(C=NNC(=O)c2cc3ccccc3cc2O)cc1. The molecule has 0 radical (unpaired) electrons. The van der Waals surface area contributed by atoms with E-state index in [0.29, 0.717) is 0 Å².